The number of hydrogen-bond acceptors (Lipinski definition) is 19. The summed E-state index contributed by atoms with van der Waals surface area (Å²) in [5.41, 5.74) is 12.0. The maximum Gasteiger partial charge on any atom is 0.334 e. The number of nitrogens with one attached hydrogen (secondary N) is 9. The molecule has 32 nitrogen and oxygen atoms in total. The number of phenols is 1. The van der Waals surface area contributed by atoms with E-state index in [4.69, 9.17) is 16.2 Å². The summed E-state index contributed by atoms with van der Waals surface area (Å²) in [5, 5.41) is 74.1. The molecular weight excluding hydrogens is 1350 g/mol. The highest BCUT2D eigenvalue weighted by molar-refractivity contribution is 5.99. The second-order valence-corrected chi connectivity index (χ2v) is 27.1. The molecule has 2 aromatic rings. The number of phenolic OH excluding ortho intramolecular Hbond substituents is 1. The number of nitrogens with zero attached hydrogens (tertiary/aromatic N) is 1. The minimum atomic E-state index is -1.98. The van der Waals surface area contributed by atoms with Gasteiger partial charge in [-0.1, -0.05) is 122 Å². The van der Waals surface area contributed by atoms with Gasteiger partial charge >= 0.3 is 17.9 Å². The van der Waals surface area contributed by atoms with Gasteiger partial charge in [0.05, 0.1) is 18.6 Å². The molecule has 3 aliphatic heterocycles. The smallest absolute Gasteiger partial charge is 0.334 e. The molecular formula is C72H110N12O20. The first kappa shape index (κ1) is 87.1. The van der Waals surface area contributed by atoms with Crippen LogP contribution in [0.2, 0.25) is 0 Å². The molecule has 0 radical (unpaired) electrons. The Morgan fingerprint density at radius 2 is 1.17 bits per heavy atom. The van der Waals surface area contributed by atoms with Crippen LogP contribution in [0.15, 0.2) is 48.5 Å². The number of carbonyl (C=O) groups excluding carboxylic acids is 12. The molecule has 0 aromatic heterocycles. The monoisotopic (exact) mass is 1460 g/mol. The number of rotatable bonds is 36. The fraction of sp³-hybridized carbons (Fsp3) is 0.639. The third-order valence-electron chi connectivity index (χ3n) is 18.4. The Kier molecular flexibility index (Phi) is 38.3. The average molecular weight is 1460 g/mol. The molecule has 5 unspecified atom stereocenters. The molecule has 18 N–H and O–H groups in total. The lowest BCUT2D eigenvalue weighted by atomic mass is 9.97. The number of carboxylic acids is 2. The van der Waals surface area contributed by atoms with Crippen molar-refractivity contribution >= 4 is 82.9 Å². The molecule has 0 saturated carbocycles. The number of benzene rings is 2. The number of aliphatic hydroxyl groups excluding tert-OH is 2. The van der Waals surface area contributed by atoms with Crippen molar-refractivity contribution < 1.29 is 97.4 Å². The summed E-state index contributed by atoms with van der Waals surface area (Å²) in [7, 11) is 0. The molecule has 578 valence electrons. The van der Waals surface area contributed by atoms with Crippen LogP contribution in [0.5, 0.6) is 11.5 Å². The van der Waals surface area contributed by atoms with Crippen LogP contribution < -0.4 is 64.1 Å². The maximum absolute atomic E-state index is 14.8. The number of fused-ring (bicyclic) bond motifs is 23. The molecule has 1 saturated heterocycles. The molecule has 1 fully saturated rings. The van der Waals surface area contributed by atoms with Crippen molar-refractivity contribution in [1.29, 1.82) is 0 Å². The summed E-state index contributed by atoms with van der Waals surface area (Å²) < 4.78 is 5.82. The van der Waals surface area contributed by atoms with E-state index >= 15 is 0 Å². The highest BCUT2D eigenvalue weighted by Gasteiger charge is 2.41. The summed E-state index contributed by atoms with van der Waals surface area (Å²) >= 11 is 0. The van der Waals surface area contributed by atoms with E-state index in [9.17, 15) is 92.7 Å². The van der Waals surface area contributed by atoms with Crippen molar-refractivity contribution in [2.75, 3.05) is 13.1 Å². The largest absolute Gasteiger partial charge is 0.508 e. The van der Waals surface area contributed by atoms with E-state index in [1.807, 2.05) is 0 Å². The van der Waals surface area contributed by atoms with E-state index in [0.29, 0.717) is 24.8 Å². The lowest BCUT2D eigenvalue weighted by Gasteiger charge is -2.30. The molecule has 32 heteroatoms. The van der Waals surface area contributed by atoms with Crippen LogP contribution in [0.1, 0.15) is 200 Å². The number of aromatic hydroxyl groups is 1. The number of carboxylic acid groups (broad SMARTS) is 2. The van der Waals surface area contributed by atoms with Gasteiger partial charge in [-0.2, -0.15) is 0 Å². The summed E-state index contributed by atoms with van der Waals surface area (Å²) in [5.74, 6) is -15.4. The van der Waals surface area contributed by atoms with Crippen LogP contribution in [-0.4, -0.2) is 199 Å². The number of nitrogens with two attached hydrogens (primary N) is 2. The van der Waals surface area contributed by atoms with Crippen LogP contribution in [0.4, 0.5) is 0 Å². The fourth-order valence-electron chi connectivity index (χ4n) is 12.1. The Labute approximate surface area is 606 Å². The number of hydrogen-bond donors (Lipinski definition) is 16. The van der Waals surface area contributed by atoms with Gasteiger partial charge in [-0.3, -0.25) is 62.3 Å². The third kappa shape index (κ3) is 31.0. The molecule has 5 rings (SSSR count). The van der Waals surface area contributed by atoms with E-state index in [-0.39, 0.29) is 62.3 Å². The van der Waals surface area contributed by atoms with E-state index in [1.165, 1.54) is 87.6 Å². The van der Waals surface area contributed by atoms with Gasteiger partial charge in [0.15, 0.2) is 0 Å². The number of ether oxygens (including phenoxy) is 1. The lowest BCUT2D eigenvalue weighted by molar-refractivity contribution is -0.143. The van der Waals surface area contributed by atoms with Gasteiger partial charge in [-0.05, 0) is 113 Å². The molecule has 0 aliphatic carbocycles. The number of aliphatic hydroxyl groups is 2. The van der Waals surface area contributed by atoms with Crippen molar-refractivity contribution in [2.45, 2.75) is 274 Å². The topological polar surface area (TPSA) is 513 Å². The zero-order chi connectivity index (χ0) is 77.0. The molecule has 3 heterocycles. The Morgan fingerprint density at radius 1 is 0.615 bits per heavy atom. The second-order valence-electron chi connectivity index (χ2n) is 27.1. The lowest BCUT2D eigenvalue weighted by Crippen LogP contribution is -2.62. The molecule has 0 spiro atoms. The molecule has 11 amide bonds. The first-order valence-electron chi connectivity index (χ1n) is 36.3. The Balaban J connectivity index is 1.75. The quantitative estimate of drug-likeness (QED) is 0.0196. The van der Waals surface area contributed by atoms with Gasteiger partial charge in [0, 0.05) is 38.6 Å². The Hall–Kier alpha value is -9.30. The minimum absolute atomic E-state index is 0.0222. The van der Waals surface area contributed by atoms with Crippen LogP contribution in [-0.2, 0) is 80.0 Å². The van der Waals surface area contributed by atoms with E-state index in [0.717, 1.165) is 43.9 Å². The summed E-state index contributed by atoms with van der Waals surface area (Å²) in [6.07, 6.45) is 5.34. The van der Waals surface area contributed by atoms with Crippen molar-refractivity contribution in [1.82, 2.24) is 52.8 Å². The molecule has 13 atom stereocenters. The van der Waals surface area contributed by atoms with Gasteiger partial charge in [-0.15, -0.1) is 0 Å². The van der Waals surface area contributed by atoms with Gasteiger partial charge in [-0.25, -0.2) is 4.79 Å². The van der Waals surface area contributed by atoms with Gasteiger partial charge in [0.2, 0.25) is 65.0 Å². The Morgan fingerprint density at radius 3 is 1.76 bits per heavy atom. The van der Waals surface area contributed by atoms with E-state index in [1.54, 1.807) is 13.8 Å². The molecule has 3 aliphatic rings. The number of esters is 1. The molecule has 2 bridgehead atoms. The van der Waals surface area contributed by atoms with Crippen LogP contribution in [0.25, 0.3) is 0 Å². The van der Waals surface area contributed by atoms with Gasteiger partial charge < -0.3 is 94.5 Å². The molecule has 104 heavy (non-hydrogen) atoms. The van der Waals surface area contributed by atoms with Gasteiger partial charge in [0.25, 0.3) is 0 Å². The number of primary amides is 1. The first-order valence-corrected chi connectivity index (χ1v) is 36.3. The van der Waals surface area contributed by atoms with Crippen molar-refractivity contribution in [3.8, 4) is 11.5 Å². The standard InChI is InChI=1S/C72H110N12O20/c1-6-8-9-10-11-12-13-14-15-16-17-20-48(87)41-58(89)76-51(32-35-59(90)91)65(96)77-50(21-18-37-73)64(95)80-55-40-46-25-29-49(30-26-46)104-72(103)61(42(3)7-2)82-67(98)54(39-45-23-27-47(86)28-24-45)81-66(97)52(31-34-57(74)88)78-69(100)56-22-19-38-84(56)71(102)43(4)75-63(94)53(33-36-60(92)93)79-70(101)62(44(5)85)83-68(55)99/h23-30,42-44,48,50-56,61-62,85-87H,6-22,31-41,73H2,1-5H3,(H2,74,88)(H,75,94)(H,76,89)(H,77,96)(H,78,100)(H,79,101)(H,80,95)(H,81,97)(H,82,98)(H,83,99)(H,90,91)(H,92,93)/t42?,43-,44?,48-,50?,51+,52+,53?,54+,55+,56-,61+,62?/m0/s1. The molecule has 2 aromatic carbocycles. The summed E-state index contributed by atoms with van der Waals surface area (Å²) in [6.45, 7) is 7.83. The highest BCUT2D eigenvalue weighted by atomic mass is 16.5. The zero-order valence-electron chi connectivity index (χ0n) is 60.4. The van der Waals surface area contributed by atoms with Crippen molar-refractivity contribution in [2.24, 2.45) is 17.4 Å². The minimum Gasteiger partial charge on any atom is -0.508 e. The van der Waals surface area contributed by atoms with Gasteiger partial charge in [0.1, 0.15) is 71.9 Å². The summed E-state index contributed by atoms with van der Waals surface area (Å²) in [6, 6.07) is -4.87. The number of unbranched alkanes of at least 4 members (excludes halogenated alkanes) is 10. The predicted molar refractivity (Wildman–Crippen MR) is 379 cm³/mol. The third-order valence-corrected chi connectivity index (χ3v) is 18.4. The SMILES string of the molecule is CCCCCCCCCCCCC[C@H](O)CC(=O)N[C@H](CCC(=O)O)C(=O)NC(CCCN)C(=O)N[C@@H]1Cc2ccc(cc2)OC(=O)[C@@H](C(C)CC)NC(=O)[C@@H](Cc2ccc(O)cc2)NC(=O)[C@@H](CCC(N)=O)NC(=O)[C@@H]2CCCN2C(=O)[C@H](C)NC(=O)C(CCC(=O)O)NC(=O)C(C(C)O)NC1=O. The number of amides is 11. The second kappa shape index (κ2) is 45.7. The first-order chi connectivity index (χ1) is 49.4. The van der Waals surface area contributed by atoms with Crippen LogP contribution >= 0.6 is 0 Å². The summed E-state index contributed by atoms with van der Waals surface area (Å²) in [4.78, 5) is 195. The number of carbonyl (C=O) groups is 14. The average Bonchev–Trinajstić information content (AvgIpc) is 1.55. The Bertz CT molecular complexity index is 3190. The van der Waals surface area contributed by atoms with E-state index < -0.39 is 213 Å². The maximum atomic E-state index is 14.8. The highest BCUT2D eigenvalue weighted by Crippen LogP contribution is 2.23. The zero-order valence-corrected chi connectivity index (χ0v) is 60.4. The van der Waals surface area contributed by atoms with Crippen molar-refractivity contribution in [3.05, 3.63) is 59.7 Å². The number of aliphatic carboxylic acids is 2. The van der Waals surface area contributed by atoms with Crippen molar-refractivity contribution in [3.63, 3.8) is 0 Å². The van der Waals surface area contributed by atoms with Crippen LogP contribution in [0, 0.1) is 5.92 Å². The van der Waals surface area contributed by atoms with E-state index in [2.05, 4.69) is 54.8 Å². The predicted octanol–water partition coefficient (Wildman–Crippen LogP) is 1.08. The van der Waals surface area contributed by atoms with Crippen LogP contribution in [0.3, 0.4) is 0 Å². The fourth-order valence-corrected chi connectivity index (χ4v) is 12.1. The normalized spacial score (nSPS) is 21.9.